The number of aromatic carboxylic acids is 1. The third-order valence-corrected chi connectivity index (χ3v) is 6.50. The topological polar surface area (TPSA) is 92.7 Å². The Kier molecular flexibility index (Phi) is 4.79. The minimum absolute atomic E-state index is 0.0177. The molecule has 0 radical (unpaired) electrons. The summed E-state index contributed by atoms with van der Waals surface area (Å²) in [6, 6.07) is 2.44. The summed E-state index contributed by atoms with van der Waals surface area (Å²) in [5.74, 6) is -0.869. The maximum atomic E-state index is 12.2. The van der Waals surface area contributed by atoms with Gasteiger partial charge >= 0.3 is 5.97 Å². The largest absolute Gasteiger partial charge is 0.477 e. The van der Waals surface area contributed by atoms with Gasteiger partial charge in [-0.1, -0.05) is 0 Å². The molecule has 0 spiro atoms. The molecule has 2 heterocycles. The third kappa shape index (κ3) is 3.57. The summed E-state index contributed by atoms with van der Waals surface area (Å²) in [6.07, 6.45) is 1.66. The molecule has 1 unspecified atom stereocenters. The Bertz CT molecular complexity index is 574. The van der Waals surface area contributed by atoms with E-state index in [4.69, 9.17) is 9.84 Å². The molecule has 1 aromatic heterocycles. The smallest absolute Gasteiger partial charge is 0.345 e. The fraction of sp³-hybridized carbons (Fsp3) is 0.583. The molecule has 1 saturated heterocycles. The lowest BCUT2D eigenvalue weighted by Gasteiger charge is -2.27. The maximum Gasteiger partial charge on any atom is 0.345 e. The Morgan fingerprint density at radius 1 is 1.45 bits per heavy atom. The van der Waals surface area contributed by atoms with Gasteiger partial charge in [0, 0.05) is 19.3 Å². The average Bonchev–Trinajstić information content (AvgIpc) is 2.90. The van der Waals surface area contributed by atoms with Crippen LogP contribution in [0.1, 0.15) is 29.4 Å². The van der Waals surface area contributed by atoms with Crippen molar-refractivity contribution in [2.45, 2.75) is 30.0 Å². The molecule has 1 aliphatic heterocycles. The van der Waals surface area contributed by atoms with E-state index in [9.17, 15) is 13.2 Å². The summed E-state index contributed by atoms with van der Waals surface area (Å²) in [7, 11) is -3.66. The summed E-state index contributed by atoms with van der Waals surface area (Å²) < 4.78 is 32.3. The molecule has 0 bridgehead atoms. The molecule has 2 N–H and O–H groups in total. The van der Waals surface area contributed by atoms with Crippen LogP contribution in [0.5, 0.6) is 0 Å². The lowest BCUT2D eigenvalue weighted by atomic mass is 9.94. The molecule has 0 amide bonds. The highest BCUT2D eigenvalue weighted by Crippen LogP contribution is 2.24. The van der Waals surface area contributed by atoms with Gasteiger partial charge in [0.05, 0.1) is 0 Å². The fourth-order valence-corrected chi connectivity index (χ4v) is 4.67. The van der Waals surface area contributed by atoms with E-state index in [1.54, 1.807) is 0 Å². The number of thiophene rings is 1. The average molecular weight is 319 g/mol. The van der Waals surface area contributed by atoms with Gasteiger partial charge in [-0.05, 0) is 37.8 Å². The van der Waals surface area contributed by atoms with Crippen LogP contribution in [0.15, 0.2) is 16.3 Å². The zero-order valence-electron chi connectivity index (χ0n) is 11.0. The zero-order valence-corrected chi connectivity index (χ0v) is 12.7. The number of ether oxygens (including phenoxy) is 1. The van der Waals surface area contributed by atoms with Gasteiger partial charge < -0.3 is 9.84 Å². The molecular formula is C12H17NO5S2. The number of rotatable bonds is 5. The number of carbonyl (C=O) groups is 1. The standard InChI is InChI=1S/C12H17NO5S2/c1-8(9-4-6-18-7-5-9)13-20(16,17)11-3-2-10(19-11)12(14)15/h2-3,8-9,13H,4-7H2,1H3,(H,14,15). The summed E-state index contributed by atoms with van der Waals surface area (Å²) >= 11 is 0.762. The molecule has 112 valence electrons. The molecule has 2 rings (SSSR count). The van der Waals surface area contributed by atoms with Crippen molar-refractivity contribution in [1.82, 2.24) is 4.72 Å². The van der Waals surface area contributed by atoms with Crippen molar-refractivity contribution in [2.24, 2.45) is 5.92 Å². The van der Waals surface area contributed by atoms with Crippen LogP contribution < -0.4 is 4.72 Å². The van der Waals surface area contributed by atoms with E-state index in [1.807, 2.05) is 6.92 Å². The van der Waals surface area contributed by atoms with Crippen molar-refractivity contribution in [3.63, 3.8) is 0 Å². The first-order valence-electron chi connectivity index (χ1n) is 6.33. The molecule has 0 saturated carbocycles. The van der Waals surface area contributed by atoms with Crippen LogP contribution in [-0.4, -0.2) is 38.7 Å². The van der Waals surface area contributed by atoms with Gasteiger partial charge in [-0.3, -0.25) is 0 Å². The summed E-state index contributed by atoms with van der Waals surface area (Å²) in [5, 5.41) is 8.83. The lowest BCUT2D eigenvalue weighted by Crippen LogP contribution is -2.39. The van der Waals surface area contributed by atoms with E-state index in [2.05, 4.69) is 4.72 Å². The van der Waals surface area contributed by atoms with E-state index in [1.165, 1.54) is 12.1 Å². The summed E-state index contributed by atoms with van der Waals surface area (Å²) in [5.41, 5.74) is 0. The van der Waals surface area contributed by atoms with E-state index in [-0.39, 0.29) is 21.0 Å². The van der Waals surface area contributed by atoms with E-state index in [0.717, 1.165) is 24.2 Å². The number of carboxylic acids is 1. The van der Waals surface area contributed by atoms with E-state index >= 15 is 0 Å². The lowest BCUT2D eigenvalue weighted by molar-refractivity contribution is 0.0585. The summed E-state index contributed by atoms with van der Waals surface area (Å²) in [6.45, 7) is 3.14. The van der Waals surface area contributed by atoms with Crippen molar-refractivity contribution in [2.75, 3.05) is 13.2 Å². The Morgan fingerprint density at radius 2 is 2.10 bits per heavy atom. The minimum atomic E-state index is -3.66. The number of sulfonamides is 1. The molecule has 20 heavy (non-hydrogen) atoms. The molecule has 0 aliphatic carbocycles. The monoisotopic (exact) mass is 319 g/mol. The van der Waals surface area contributed by atoms with Gasteiger partial charge in [0.25, 0.3) is 0 Å². The molecule has 1 fully saturated rings. The Balaban J connectivity index is 2.07. The highest BCUT2D eigenvalue weighted by atomic mass is 32.2. The number of nitrogens with one attached hydrogen (secondary N) is 1. The number of hydrogen-bond donors (Lipinski definition) is 2. The van der Waals surface area contributed by atoms with Crippen LogP contribution in [0, 0.1) is 5.92 Å². The maximum absolute atomic E-state index is 12.2. The predicted molar refractivity (Wildman–Crippen MR) is 74.6 cm³/mol. The third-order valence-electron chi connectivity index (χ3n) is 3.37. The van der Waals surface area contributed by atoms with Crippen LogP contribution in [0.2, 0.25) is 0 Å². The highest BCUT2D eigenvalue weighted by Gasteiger charge is 2.26. The van der Waals surface area contributed by atoms with Crippen molar-refractivity contribution in [3.05, 3.63) is 17.0 Å². The summed E-state index contributed by atoms with van der Waals surface area (Å²) in [4.78, 5) is 10.8. The SMILES string of the molecule is CC(NS(=O)(=O)c1ccc(C(=O)O)s1)C1CCOCC1. The molecule has 1 aliphatic rings. The van der Waals surface area contributed by atoms with Crippen LogP contribution in [-0.2, 0) is 14.8 Å². The number of carboxylic acid groups (broad SMARTS) is 1. The van der Waals surface area contributed by atoms with Crippen molar-refractivity contribution >= 4 is 27.3 Å². The van der Waals surface area contributed by atoms with Crippen LogP contribution in [0.25, 0.3) is 0 Å². The van der Waals surface area contributed by atoms with Gasteiger partial charge in [0.1, 0.15) is 9.09 Å². The number of hydrogen-bond acceptors (Lipinski definition) is 5. The van der Waals surface area contributed by atoms with Gasteiger partial charge in [0.2, 0.25) is 10.0 Å². The van der Waals surface area contributed by atoms with Crippen LogP contribution in [0.4, 0.5) is 0 Å². The van der Waals surface area contributed by atoms with Crippen molar-refractivity contribution in [1.29, 1.82) is 0 Å². The van der Waals surface area contributed by atoms with Crippen molar-refractivity contribution < 1.29 is 23.1 Å². The predicted octanol–water partition coefficient (Wildman–Crippen LogP) is 1.54. The molecular weight excluding hydrogens is 302 g/mol. The quantitative estimate of drug-likeness (QED) is 0.859. The normalized spacial score (nSPS) is 18.9. The van der Waals surface area contributed by atoms with Gasteiger partial charge in [-0.2, -0.15) is 0 Å². The molecule has 0 aromatic carbocycles. The second-order valence-electron chi connectivity index (χ2n) is 4.78. The van der Waals surface area contributed by atoms with Gasteiger partial charge in [-0.15, -0.1) is 11.3 Å². The first-order valence-corrected chi connectivity index (χ1v) is 8.63. The second kappa shape index (κ2) is 6.21. The Hall–Kier alpha value is -0.960. The van der Waals surface area contributed by atoms with E-state index in [0.29, 0.717) is 13.2 Å². The fourth-order valence-electron chi connectivity index (χ4n) is 2.19. The van der Waals surface area contributed by atoms with Crippen molar-refractivity contribution in [3.8, 4) is 0 Å². The minimum Gasteiger partial charge on any atom is -0.477 e. The van der Waals surface area contributed by atoms with Crippen LogP contribution >= 0.6 is 11.3 Å². The first kappa shape index (κ1) is 15.4. The highest BCUT2D eigenvalue weighted by molar-refractivity contribution is 7.91. The van der Waals surface area contributed by atoms with Gasteiger partial charge in [-0.25, -0.2) is 17.9 Å². The molecule has 1 aromatic rings. The molecule has 6 nitrogen and oxygen atoms in total. The Morgan fingerprint density at radius 3 is 2.65 bits per heavy atom. The second-order valence-corrected chi connectivity index (χ2v) is 7.81. The first-order chi connectivity index (χ1) is 9.40. The molecule has 1 atom stereocenters. The van der Waals surface area contributed by atoms with E-state index < -0.39 is 16.0 Å². The Labute approximate surface area is 121 Å². The zero-order chi connectivity index (χ0) is 14.8. The van der Waals surface area contributed by atoms with Gasteiger partial charge in [0.15, 0.2) is 0 Å². The molecule has 8 heteroatoms. The van der Waals surface area contributed by atoms with Crippen LogP contribution in [0.3, 0.4) is 0 Å².